The van der Waals surface area contributed by atoms with Gasteiger partial charge < -0.3 is 5.21 Å². The van der Waals surface area contributed by atoms with Crippen molar-refractivity contribution in [2.24, 2.45) is 5.92 Å². The van der Waals surface area contributed by atoms with Gasteiger partial charge in [0.25, 0.3) is 5.92 Å². The van der Waals surface area contributed by atoms with Gasteiger partial charge in [0.1, 0.15) is 0 Å². The zero-order valence-corrected chi connectivity index (χ0v) is 7.45. The molecule has 1 aliphatic rings. The lowest BCUT2D eigenvalue weighted by Gasteiger charge is -1.96. The molecule has 2 N–H and O–H groups in total. The van der Waals surface area contributed by atoms with Crippen molar-refractivity contribution in [2.45, 2.75) is 11.8 Å². The van der Waals surface area contributed by atoms with Gasteiger partial charge in [-0.05, 0) is 5.56 Å². The van der Waals surface area contributed by atoms with Gasteiger partial charge in [-0.3, -0.25) is 0 Å². The largest absolute Gasteiger partial charge is 0.317 e. The Labute approximate surface area is 80.5 Å². The van der Waals surface area contributed by atoms with Crippen LogP contribution < -0.4 is 5.48 Å². The topological polar surface area (TPSA) is 32.3 Å². The summed E-state index contributed by atoms with van der Waals surface area (Å²) in [6, 6.07) is 8.66. The average molecular weight is 199 g/mol. The Balaban J connectivity index is 2.15. The van der Waals surface area contributed by atoms with Crippen LogP contribution in [0, 0.1) is 5.92 Å². The van der Waals surface area contributed by atoms with Crippen LogP contribution in [0.4, 0.5) is 8.78 Å². The van der Waals surface area contributed by atoms with E-state index in [0.717, 1.165) is 0 Å². The highest BCUT2D eigenvalue weighted by atomic mass is 19.3. The summed E-state index contributed by atoms with van der Waals surface area (Å²) < 4.78 is 26.4. The smallest absolute Gasteiger partial charge is 0.260 e. The van der Waals surface area contributed by atoms with Crippen molar-refractivity contribution in [3.05, 3.63) is 35.9 Å². The third-order valence-electron chi connectivity index (χ3n) is 2.67. The van der Waals surface area contributed by atoms with Gasteiger partial charge >= 0.3 is 0 Å². The van der Waals surface area contributed by atoms with E-state index >= 15 is 0 Å². The second kappa shape index (κ2) is 3.29. The van der Waals surface area contributed by atoms with Gasteiger partial charge in [-0.2, -0.15) is 0 Å². The molecule has 4 heteroatoms. The maximum absolute atomic E-state index is 13.2. The van der Waals surface area contributed by atoms with E-state index in [2.05, 4.69) is 0 Å². The van der Waals surface area contributed by atoms with Crippen LogP contribution in [0.5, 0.6) is 0 Å². The van der Waals surface area contributed by atoms with Crippen LogP contribution in [-0.2, 0) is 0 Å². The van der Waals surface area contributed by atoms with Gasteiger partial charge in [0.15, 0.2) is 0 Å². The quantitative estimate of drug-likeness (QED) is 0.730. The molecule has 0 amide bonds. The van der Waals surface area contributed by atoms with Crippen molar-refractivity contribution in [1.82, 2.24) is 5.48 Å². The summed E-state index contributed by atoms with van der Waals surface area (Å²) in [6.45, 7) is -0.0629. The molecule has 2 rings (SSSR count). The highest BCUT2D eigenvalue weighted by molar-refractivity contribution is 5.32. The summed E-state index contributed by atoms with van der Waals surface area (Å²) in [5, 5.41) is 8.39. The SMILES string of the molecule is ONC[C@@H]1[C@@H](c2ccccc2)C1(F)F. The molecule has 0 heterocycles. The molecule has 1 aliphatic carbocycles. The number of rotatable bonds is 3. The summed E-state index contributed by atoms with van der Waals surface area (Å²) in [5.74, 6) is -4.21. The molecule has 14 heavy (non-hydrogen) atoms. The molecule has 2 atom stereocenters. The Morgan fingerprint density at radius 3 is 2.50 bits per heavy atom. The third kappa shape index (κ3) is 1.40. The number of benzene rings is 1. The maximum atomic E-state index is 13.2. The van der Waals surface area contributed by atoms with Crippen LogP contribution in [0.15, 0.2) is 30.3 Å². The van der Waals surface area contributed by atoms with E-state index in [1.165, 1.54) is 0 Å². The molecule has 1 aromatic rings. The van der Waals surface area contributed by atoms with Crippen molar-refractivity contribution < 1.29 is 14.0 Å². The average Bonchev–Trinajstić information content (AvgIpc) is 2.71. The second-order valence-electron chi connectivity index (χ2n) is 3.53. The van der Waals surface area contributed by atoms with E-state index in [9.17, 15) is 8.78 Å². The first-order chi connectivity index (χ1) is 6.68. The van der Waals surface area contributed by atoms with Crippen LogP contribution in [0.1, 0.15) is 11.5 Å². The summed E-state index contributed by atoms with van der Waals surface area (Å²) in [4.78, 5) is 0. The molecule has 1 fully saturated rings. The lowest BCUT2D eigenvalue weighted by molar-refractivity contribution is 0.0785. The van der Waals surface area contributed by atoms with Gasteiger partial charge in [-0.25, -0.2) is 14.3 Å². The molecule has 0 bridgehead atoms. The predicted molar refractivity (Wildman–Crippen MR) is 47.4 cm³/mol. The number of alkyl halides is 2. The Bertz CT molecular complexity index is 315. The Hall–Kier alpha value is -1.00. The van der Waals surface area contributed by atoms with Gasteiger partial charge in [0, 0.05) is 6.54 Å². The fourth-order valence-electron chi connectivity index (χ4n) is 1.86. The fraction of sp³-hybridized carbons (Fsp3) is 0.400. The van der Waals surface area contributed by atoms with E-state index in [1.807, 2.05) is 0 Å². The van der Waals surface area contributed by atoms with Gasteiger partial charge in [-0.15, -0.1) is 0 Å². The lowest BCUT2D eigenvalue weighted by Crippen LogP contribution is -2.14. The molecule has 1 aromatic carbocycles. The van der Waals surface area contributed by atoms with E-state index in [0.29, 0.717) is 5.56 Å². The van der Waals surface area contributed by atoms with Crippen LogP contribution in [-0.4, -0.2) is 17.7 Å². The minimum absolute atomic E-state index is 0.0629. The first kappa shape index (κ1) is 9.55. The van der Waals surface area contributed by atoms with Crippen molar-refractivity contribution in [2.75, 3.05) is 6.54 Å². The van der Waals surface area contributed by atoms with Crippen molar-refractivity contribution >= 4 is 0 Å². The summed E-state index contributed by atoms with van der Waals surface area (Å²) in [7, 11) is 0. The first-order valence-corrected chi connectivity index (χ1v) is 4.47. The number of hydrogen-bond acceptors (Lipinski definition) is 2. The monoisotopic (exact) mass is 199 g/mol. The zero-order chi connectivity index (χ0) is 10.2. The lowest BCUT2D eigenvalue weighted by atomic mass is 10.1. The van der Waals surface area contributed by atoms with E-state index in [1.54, 1.807) is 35.8 Å². The first-order valence-electron chi connectivity index (χ1n) is 4.47. The Morgan fingerprint density at radius 1 is 1.29 bits per heavy atom. The summed E-state index contributed by atoms with van der Waals surface area (Å²) >= 11 is 0. The number of nitrogens with one attached hydrogen (secondary N) is 1. The van der Waals surface area contributed by atoms with Crippen LogP contribution in [0.3, 0.4) is 0 Å². The molecule has 2 nitrogen and oxygen atoms in total. The molecule has 0 aliphatic heterocycles. The normalized spacial score (nSPS) is 28.8. The van der Waals surface area contributed by atoms with Crippen LogP contribution >= 0.6 is 0 Å². The molecule has 0 spiro atoms. The highest BCUT2D eigenvalue weighted by Crippen LogP contribution is 2.61. The number of hydrogen-bond donors (Lipinski definition) is 2. The maximum Gasteiger partial charge on any atom is 0.260 e. The molecule has 1 saturated carbocycles. The predicted octanol–water partition coefficient (Wildman–Crippen LogP) is 2.01. The van der Waals surface area contributed by atoms with Crippen molar-refractivity contribution in [1.29, 1.82) is 0 Å². The fourth-order valence-corrected chi connectivity index (χ4v) is 1.86. The minimum atomic E-state index is -2.68. The molecular weight excluding hydrogens is 188 g/mol. The second-order valence-corrected chi connectivity index (χ2v) is 3.53. The van der Waals surface area contributed by atoms with Gasteiger partial charge in [-0.1, -0.05) is 30.3 Å². The zero-order valence-electron chi connectivity index (χ0n) is 7.45. The molecule has 0 aromatic heterocycles. The third-order valence-corrected chi connectivity index (χ3v) is 2.67. The van der Waals surface area contributed by atoms with Crippen molar-refractivity contribution in [3.63, 3.8) is 0 Å². The highest BCUT2D eigenvalue weighted by Gasteiger charge is 2.68. The van der Waals surface area contributed by atoms with Crippen LogP contribution in [0.25, 0.3) is 0 Å². The van der Waals surface area contributed by atoms with Crippen molar-refractivity contribution in [3.8, 4) is 0 Å². The summed E-state index contributed by atoms with van der Waals surface area (Å²) in [6.07, 6.45) is 0. The molecular formula is C10H11F2NO. The molecule has 0 saturated heterocycles. The molecule has 0 radical (unpaired) electrons. The number of hydroxylamine groups is 1. The Morgan fingerprint density at radius 2 is 1.93 bits per heavy atom. The van der Waals surface area contributed by atoms with E-state index in [-0.39, 0.29) is 6.54 Å². The minimum Gasteiger partial charge on any atom is -0.317 e. The number of halogens is 2. The van der Waals surface area contributed by atoms with Gasteiger partial charge in [0.05, 0.1) is 11.8 Å². The molecule has 0 unspecified atom stereocenters. The Kier molecular flexibility index (Phi) is 2.25. The van der Waals surface area contributed by atoms with E-state index < -0.39 is 17.8 Å². The van der Waals surface area contributed by atoms with Crippen LogP contribution in [0.2, 0.25) is 0 Å². The standard InChI is InChI=1S/C10H11F2NO/c11-10(12)8(6-13-14)9(10)7-4-2-1-3-5-7/h1-5,8-9,13-14H,6H2/t8-,9-/m1/s1. The molecule has 76 valence electrons. The van der Waals surface area contributed by atoms with E-state index in [4.69, 9.17) is 5.21 Å². The summed E-state index contributed by atoms with van der Waals surface area (Å²) in [5.41, 5.74) is 2.44. The van der Waals surface area contributed by atoms with Gasteiger partial charge in [0.2, 0.25) is 0 Å².